The van der Waals surface area contributed by atoms with Gasteiger partial charge >= 0.3 is 12.0 Å². The van der Waals surface area contributed by atoms with E-state index < -0.39 is 24.0 Å². The first kappa shape index (κ1) is 14.4. The first-order valence-electron chi connectivity index (χ1n) is 6.34. The van der Waals surface area contributed by atoms with Crippen LogP contribution < -0.4 is 10.3 Å². The number of esters is 1. The van der Waals surface area contributed by atoms with Crippen LogP contribution in [0.25, 0.3) is 0 Å². The lowest BCUT2D eigenvalue weighted by atomic mass is 10.2. The number of aliphatic hydroxyl groups excluding tert-OH is 1. The number of aromatic nitrogens is 2. The third kappa shape index (κ3) is 2.52. The molecule has 0 amide bonds. The van der Waals surface area contributed by atoms with Gasteiger partial charge in [0.05, 0.1) is 30.8 Å². The molecule has 21 heavy (non-hydrogen) atoms. The average molecular weight is 314 g/mol. The normalized spacial score (nSPS) is 29.6. The molecule has 0 saturated carbocycles. The molecule has 0 unspecified atom stereocenters. The van der Waals surface area contributed by atoms with Gasteiger partial charge in [0.15, 0.2) is 12.3 Å². The summed E-state index contributed by atoms with van der Waals surface area (Å²) >= 11 is 1.30. The Morgan fingerprint density at radius 1 is 1.62 bits per heavy atom. The number of hydrogen-bond acceptors (Lipinski definition) is 8. The number of carbonyl (C=O) groups is 1. The van der Waals surface area contributed by atoms with E-state index in [2.05, 4.69) is 9.72 Å². The summed E-state index contributed by atoms with van der Waals surface area (Å²) < 4.78 is 17.6. The Kier molecular flexibility index (Phi) is 3.87. The minimum absolute atomic E-state index is 0.134. The molecule has 1 aromatic rings. The lowest BCUT2D eigenvalue weighted by molar-refractivity contribution is -0.137. The predicted octanol–water partition coefficient (Wildman–Crippen LogP) is -0.831. The fourth-order valence-corrected chi connectivity index (χ4v) is 3.62. The van der Waals surface area contributed by atoms with E-state index in [1.54, 1.807) is 10.8 Å². The highest BCUT2D eigenvalue weighted by Gasteiger charge is 2.51. The molecule has 3 heterocycles. The standard InChI is InChI=1S/C12H14N2O6S/c1-18-8(17)5-21-10-6(4-15)19-11-9(10)20-12-13-7(16)2-3-14(11)12/h2-3,6,9-11,15H,4-5H2,1H3/t6-,9+,10-,11-/m1/s1. The number of rotatable bonds is 4. The summed E-state index contributed by atoms with van der Waals surface area (Å²) in [6, 6.07) is 1.51. The minimum Gasteiger partial charge on any atom is -0.468 e. The highest BCUT2D eigenvalue weighted by Crippen LogP contribution is 2.43. The van der Waals surface area contributed by atoms with Crippen LogP contribution in [0.5, 0.6) is 6.01 Å². The van der Waals surface area contributed by atoms with Crippen molar-refractivity contribution in [1.29, 1.82) is 0 Å². The lowest BCUT2D eigenvalue weighted by Gasteiger charge is -2.18. The number of methoxy groups -OCH3 is 1. The highest BCUT2D eigenvalue weighted by atomic mass is 32.2. The number of thioether (sulfide) groups is 1. The van der Waals surface area contributed by atoms with Gasteiger partial charge in [0.2, 0.25) is 0 Å². The van der Waals surface area contributed by atoms with Crippen LogP contribution in [-0.2, 0) is 14.3 Å². The largest absolute Gasteiger partial charge is 0.468 e. The molecule has 0 bridgehead atoms. The second kappa shape index (κ2) is 5.66. The molecule has 4 atom stereocenters. The molecule has 9 heteroatoms. The summed E-state index contributed by atoms with van der Waals surface area (Å²) in [6.45, 7) is -0.182. The van der Waals surface area contributed by atoms with Crippen molar-refractivity contribution >= 4 is 17.7 Å². The van der Waals surface area contributed by atoms with E-state index in [4.69, 9.17) is 9.47 Å². The zero-order valence-electron chi connectivity index (χ0n) is 11.2. The Morgan fingerprint density at radius 3 is 3.14 bits per heavy atom. The number of carbonyl (C=O) groups excluding carboxylic acids is 1. The number of ether oxygens (including phenoxy) is 3. The fraction of sp³-hybridized carbons (Fsp3) is 0.583. The molecule has 0 radical (unpaired) electrons. The quantitative estimate of drug-likeness (QED) is 0.719. The van der Waals surface area contributed by atoms with Gasteiger partial charge < -0.3 is 19.3 Å². The van der Waals surface area contributed by atoms with Gasteiger partial charge in [0.25, 0.3) is 5.56 Å². The molecule has 1 saturated heterocycles. The zero-order chi connectivity index (χ0) is 15.0. The van der Waals surface area contributed by atoms with Crippen molar-refractivity contribution < 1.29 is 24.1 Å². The van der Waals surface area contributed by atoms with E-state index >= 15 is 0 Å². The van der Waals surface area contributed by atoms with Crippen molar-refractivity contribution in [3.8, 4) is 6.01 Å². The second-order valence-corrected chi connectivity index (χ2v) is 5.80. The Labute approximate surface area is 124 Å². The van der Waals surface area contributed by atoms with Gasteiger partial charge in [-0.15, -0.1) is 11.8 Å². The van der Waals surface area contributed by atoms with Gasteiger partial charge in [-0.05, 0) is 0 Å². The summed E-state index contributed by atoms with van der Waals surface area (Å²) in [5.41, 5.74) is -0.390. The molecule has 8 nitrogen and oxygen atoms in total. The SMILES string of the molecule is COC(=O)CS[C@H]1[C@@H]2Oc3nc(=O)ccn3[C@@H]2O[C@@H]1CO. The van der Waals surface area contributed by atoms with Crippen LogP contribution in [-0.4, -0.2) is 57.6 Å². The molecule has 114 valence electrons. The minimum atomic E-state index is -0.458. The van der Waals surface area contributed by atoms with Crippen LogP contribution in [0.4, 0.5) is 0 Å². The van der Waals surface area contributed by atoms with Crippen LogP contribution in [0, 0.1) is 0 Å². The molecule has 2 aliphatic rings. The number of hydrogen-bond donors (Lipinski definition) is 1. The van der Waals surface area contributed by atoms with Crippen molar-refractivity contribution in [2.24, 2.45) is 0 Å². The van der Waals surface area contributed by atoms with Crippen LogP contribution >= 0.6 is 11.8 Å². The molecule has 1 fully saturated rings. The van der Waals surface area contributed by atoms with Crippen LogP contribution in [0.2, 0.25) is 0 Å². The summed E-state index contributed by atoms with van der Waals surface area (Å²) in [7, 11) is 1.32. The molecule has 1 N–H and O–H groups in total. The maximum absolute atomic E-state index is 11.3. The van der Waals surface area contributed by atoms with E-state index in [-0.39, 0.29) is 29.6 Å². The van der Waals surface area contributed by atoms with Crippen LogP contribution in [0.3, 0.4) is 0 Å². The molecular weight excluding hydrogens is 300 g/mol. The summed E-state index contributed by atoms with van der Waals surface area (Å²) in [4.78, 5) is 26.3. The van der Waals surface area contributed by atoms with Gasteiger partial charge in [-0.2, -0.15) is 4.98 Å². The molecule has 0 aliphatic carbocycles. The molecule has 0 spiro atoms. The monoisotopic (exact) mass is 314 g/mol. The first-order chi connectivity index (χ1) is 10.1. The summed E-state index contributed by atoms with van der Waals surface area (Å²) in [5.74, 6) is -0.224. The summed E-state index contributed by atoms with van der Waals surface area (Å²) in [5, 5.41) is 9.17. The predicted molar refractivity (Wildman–Crippen MR) is 72.2 cm³/mol. The van der Waals surface area contributed by atoms with E-state index in [1.807, 2.05) is 0 Å². The van der Waals surface area contributed by atoms with Gasteiger partial charge in [-0.25, -0.2) is 0 Å². The van der Waals surface area contributed by atoms with Crippen molar-refractivity contribution in [2.75, 3.05) is 19.5 Å². The Balaban J connectivity index is 1.80. The third-order valence-corrected chi connectivity index (χ3v) is 4.77. The van der Waals surface area contributed by atoms with Gasteiger partial charge in [-0.3, -0.25) is 14.2 Å². The van der Waals surface area contributed by atoms with Gasteiger partial charge in [-0.1, -0.05) is 0 Å². The summed E-state index contributed by atoms with van der Waals surface area (Å²) in [6.07, 6.45) is 0.227. The topological polar surface area (TPSA) is 99.9 Å². The molecule has 1 aromatic heterocycles. The van der Waals surface area contributed by atoms with Crippen LogP contribution in [0.15, 0.2) is 17.1 Å². The number of nitrogens with zero attached hydrogens (tertiary/aromatic N) is 2. The smallest absolute Gasteiger partial charge is 0.315 e. The zero-order valence-corrected chi connectivity index (χ0v) is 12.0. The Bertz CT molecular complexity index is 606. The molecular formula is C12H14N2O6S. The molecule has 0 aromatic carbocycles. The van der Waals surface area contributed by atoms with E-state index in [0.717, 1.165) is 0 Å². The van der Waals surface area contributed by atoms with E-state index in [0.29, 0.717) is 0 Å². The van der Waals surface area contributed by atoms with Crippen molar-refractivity contribution in [1.82, 2.24) is 9.55 Å². The molecule has 2 aliphatic heterocycles. The fourth-order valence-electron chi connectivity index (χ4n) is 2.43. The van der Waals surface area contributed by atoms with Crippen molar-refractivity contribution in [3.05, 3.63) is 22.6 Å². The third-order valence-electron chi connectivity index (χ3n) is 3.41. The average Bonchev–Trinajstić information content (AvgIpc) is 2.99. The first-order valence-corrected chi connectivity index (χ1v) is 7.39. The second-order valence-electron chi connectivity index (χ2n) is 4.64. The maximum Gasteiger partial charge on any atom is 0.315 e. The number of aliphatic hydroxyl groups is 1. The number of fused-ring (bicyclic) bond motifs is 3. The Hall–Kier alpha value is -1.58. The van der Waals surface area contributed by atoms with E-state index in [9.17, 15) is 14.7 Å². The van der Waals surface area contributed by atoms with Gasteiger partial charge in [0, 0.05) is 12.3 Å². The maximum atomic E-state index is 11.3. The van der Waals surface area contributed by atoms with Crippen molar-refractivity contribution in [3.63, 3.8) is 0 Å². The highest BCUT2D eigenvalue weighted by molar-refractivity contribution is 8.00. The molecule has 3 rings (SSSR count). The van der Waals surface area contributed by atoms with E-state index in [1.165, 1.54) is 24.9 Å². The Morgan fingerprint density at radius 2 is 2.43 bits per heavy atom. The lowest BCUT2D eigenvalue weighted by Crippen LogP contribution is -2.33. The van der Waals surface area contributed by atoms with Crippen molar-refractivity contribution in [2.45, 2.75) is 23.7 Å². The van der Waals surface area contributed by atoms with Crippen LogP contribution in [0.1, 0.15) is 6.23 Å². The van der Waals surface area contributed by atoms with Gasteiger partial charge in [0.1, 0.15) is 0 Å².